The predicted molar refractivity (Wildman–Crippen MR) is 104 cm³/mol. The molecule has 0 aliphatic carbocycles. The van der Waals surface area contributed by atoms with E-state index in [0.29, 0.717) is 0 Å². The van der Waals surface area contributed by atoms with Crippen molar-refractivity contribution in [2.24, 2.45) is 0 Å². The summed E-state index contributed by atoms with van der Waals surface area (Å²) >= 11 is 0. The minimum absolute atomic E-state index is 1.02. The van der Waals surface area contributed by atoms with E-state index < -0.39 is 0 Å². The molecule has 0 aliphatic heterocycles. The van der Waals surface area contributed by atoms with Gasteiger partial charge in [-0.3, -0.25) is 0 Å². The van der Waals surface area contributed by atoms with Crippen LogP contribution in [-0.2, 0) is 6.54 Å². The molecule has 0 N–H and O–H groups in total. The van der Waals surface area contributed by atoms with Gasteiger partial charge in [-0.1, -0.05) is 72.9 Å². The lowest BCUT2D eigenvalue weighted by Gasteiger charge is -2.01. The largest absolute Gasteiger partial charge is 0.341 e. The normalized spacial score (nSPS) is 11.7. The number of benzene rings is 2. The van der Waals surface area contributed by atoms with Crippen LogP contribution in [0.15, 0.2) is 85.0 Å². The predicted octanol–water partition coefficient (Wildman–Crippen LogP) is 6.51. The van der Waals surface area contributed by atoms with Crippen molar-refractivity contribution >= 4 is 21.8 Å². The SMILES string of the molecule is C=C/C=C(C)\C=C/C.CCn1c2ccccc2c2ccccc21. The van der Waals surface area contributed by atoms with Gasteiger partial charge in [0.1, 0.15) is 0 Å². The van der Waals surface area contributed by atoms with Crippen LogP contribution in [0, 0.1) is 0 Å². The Morgan fingerprint density at radius 2 is 1.52 bits per heavy atom. The van der Waals surface area contributed by atoms with Crippen molar-refractivity contribution in [3.8, 4) is 0 Å². The molecule has 1 heteroatoms. The van der Waals surface area contributed by atoms with Crippen LogP contribution in [0.1, 0.15) is 20.8 Å². The summed E-state index contributed by atoms with van der Waals surface area (Å²) in [5.74, 6) is 0. The number of hydrogen-bond acceptors (Lipinski definition) is 0. The third-order valence-corrected chi connectivity index (χ3v) is 3.81. The zero-order valence-corrected chi connectivity index (χ0v) is 14.3. The van der Waals surface area contributed by atoms with E-state index in [0.717, 1.165) is 6.54 Å². The second-order valence-electron chi connectivity index (χ2n) is 5.42. The van der Waals surface area contributed by atoms with Crippen molar-refractivity contribution < 1.29 is 0 Å². The highest BCUT2D eigenvalue weighted by molar-refractivity contribution is 6.07. The second-order valence-corrected chi connectivity index (χ2v) is 5.42. The number of para-hydroxylation sites is 2. The molecule has 0 unspecified atom stereocenters. The first-order chi connectivity index (χ1) is 11.2. The molecule has 1 nitrogen and oxygen atoms in total. The monoisotopic (exact) mass is 303 g/mol. The average molecular weight is 303 g/mol. The first-order valence-corrected chi connectivity index (χ1v) is 8.10. The zero-order valence-electron chi connectivity index (χ0n) is 14.3. The molecule has 3 aromatic rings. The third-order valence-electron chi connectivity index (χ3n) is 3.81. The van der Waals surface area contributed by atoms with Gasteiger partial charge >= 0.3 is 0 Å². The summed E-state index contributed by atoms with van der Waals surface area (Å²) in [7, 11) is 0. The molecule has 0 fully saturated rings. The van der Waals surface area contributed by atoms with Crippen molar-refractivity contribution in [3.05, 3.63) is 85.0 Å². The van der Waals surface area contributed by atoms with Crippen molar-refractivity contribution in [3.63, 3.8) is 0 Å². The minimum Gasteiger partial charge on any atom is -0.341 e. The van der Waals surface area contributed by atoms with Crippen molar-refractivity contribution in [2.75, 3.05) is 0 Å². The fraction of sp³-hybridized carbons (Fsp3) is 0.182. The van der Waals surface area contributed by atoms with Crippen LogP contribution in [0.4, 0.5) is 0 Å². The molecule has 0 saturated heterocycles. The number of hydrogen-bond donors (Lipinski definition) is 0. The lowest BCUT2D eigenvalue weighted by Crippen LogP contribution is -1.91. The highest BCUT2D eigenvalue weighted by atomic mass is 15.0. The van der Waals surface area contributed by atoms with Gasteiger partial charge in [0, 0.05) is 28.4 Å². The molecule has 23 heavy (non-hydrogen) atoms. The molecule has 1 aromatic heterocycles. The van der Waals surface area contributed by atoms with Gasteiger partial charge < -0.3 is 4.57 Å². The van der Waals surface area contributed by atoms with Gasteiger partial charge in [0.2, 0.25) is 0 Å². The lowest BCUT2D eigenvalue weighted by atomic mass is 10.2. The van der Waals surface area contributed by atoms with E-state index in [4.69, 9.17) is 0 Å². The van der Waals surface area contributed by atoms with Crippen LogP contribution in [0.3, 0.4) is 0 Å². The first-order valence-electron chi connectivity index (χ1n) is 8.10. The third kappa shape index (κ3) is 3.81. The maximum Gasteiger partial charge on any atom is 0.0491 e. The van der Waals surface area contributed by atoms with E-state index in [1.165, 1.54) is 27.4 Å². The molecule has 0 amide bonds. The smallest absolute Gasteiger partial charge is 0.0491 e. The summed E-state index contributed by atoms with van der Waals surface area (Å²) in [5, 5.41) is 2.71. The summed E-state index contributed by atoms with van der Waals surface area (Å²) in [6, 6.07) is 17.2. The average Bonchev–Trinajstić information content (AvgIpc) is 2.90. The molecule has 0 spiro atoms. The Balaban J connectivity index is 0.000000207. The summed E-state index contributed by atoms with van der Waals surface area (Å²) in [6.45, 7) is 10.8. The van der Waals surface area contributed by atoms with Gasteiger partial charge in [-0.15, -0.1) is 0 Å². The Morgan fingerprint density at radius 1 is 1.00 bits per heavy atom. The molecule has 2 aromatic carbocycles. The molecular weight excluding hydrogens is 278 g/mol. The van der Waals surface area contributed by atoms with Gasteiger partial charge in [-0.25, -0.2) is 0 Å². The molecule has 0 atom stereocenters. The van der Waals surface area contributed by atoms with Crippen LogP contribution < -0.4 is 0 Å². The van der Waals surface area contributed by atoms with Gasteiger partial charge in [-0.05, 0) is 32.9 Å². The van der Waals surface area contributed by atoms with E-state index in [2.05, 4.69) is 66.6 Å². The van der Waals surface area contributed by atoms with Crippen LogP contribution in [0.25, 0.3) is 21.8 Å². The Hall–Kier alpha value is -2.54. The van der Waals surface area contributed by atoms with Gasteiger partial charge in [-0.2, -0.15) is 0 Å². The Morgan fingerprint density at radius 3 is 1.96 bits per heavy atom. The topological polar surface area (TPSA) is 4.93 Å². The van der Waals surface area contributed by atoms with Crippen LogP contribution >= 0.6 is 0 Å². The van der Waals surface area contributed by atoms with E-state index >= 15 is 0 Å². The molecule has 118 valence electrons. The molecule has 1 heterocycles. The maximum absolute atomic E-state index is 3.57. The Kier molecular flexibility index (Phi) is 5.99. The number of allylic oxidation sites excluding steroid dienone is 5. The van der Waals surface area contributed by atoms with Crippen molar-refractivity contribution in [1.29, 1.82) is 0 Å². The maximum atomic E-state index is 3.57. The number of rotatable bonds is 3. The summed E-state index contributed by atoms with van der Waals surface area (Å²) in [6.07, 6.45) is 7.81. The quantitative estimate of drug-likeness (QED) is 0.486. The van der Waals surface area contributed by atoms with E-state index in [1.54, 1.807) is 6.08 Å². The molecule has 0 saturated carbocycles. The minimum atomic E-state index is 1.02. The Bertz CT molecular complexity index is 793. The van der Waals surface area contributed by atoms with Gasteiger partial charge in [0.25, 0.3) is 0 Å². The summed E-state index contributed by atoms with van der Waals surface area (Å²) in [4.78, 5) is 0. The highest BCUT2D eigenvalue weighted by Crippen LogP contribution is 2.28. The molecule has 0 radical (unpaired) electrons. The van der Waals surface area contributed by atoms with Crippen LogP contribution in [0.5, 0.6) is 0 Å². The van der Waals surface area contributed by atoms with Crippen LogP contribution in [-0.4, -0.2) is 4.57 Å². The summed E-state index contributed by atoms with van der Waals surface area (Å²) in [5.41, 5.74) is 3.91. The van der Waals surface area contributed by atoms with E-state index in [1.807, 2.05) is 32.1 Å². The van der Waals surface area contributed by atoms with Crippen LogP contribution in [0.2, 0.25) is 0 Å². The standard InChI is InChI=1S/C14H13N.C8H12/c1-2-15-13-9-5-3-7-11(13)12-8-4-6-10-14(12)15;1-4-6-8(3)7-5-2/h3-10H,2H2,1H3;4-7H,1H2,2-3H3/b;7-5-,8-6-. The summed E-state index contributed by atoms with van der Waals surface area (Å²) < 4.78 is 2.37. The van der Waals surface area contributed by atoms with E-state index in [9.17, 15) is 0 Å². The molecular formula is C22H25N. The van der Waals surface area contributed by atoms with Crippen molar-refractivity contribution in [2.45, 2.75) is 27.3 Å². The molecule has 3 rings (SSSR count). The zero-order chi connectivity index (χ0) is 16.7. The fourth-order valence-corrected chi connectivity index (χ4v) is 2.85. The highest BCUT2D eigenvalue weighted by Gasteiger charge is 2.06. The number of nitrogens with zero attached hydrogens (tertiary/aromatic N) is 1. The Labute approximate surface area is 139 Å². The number of aromatic nitrogens is 1. The first kappa shape index (κ1) is 16.8. The van der Waals surface area contributed by atoms with E-state index in [-0.39, 0.29) is 0 Å². The molecule has 0 bridgehead atoms. The number of fused-ring (bicyclic) bond motifs is 3. The number of aryl methyl sites for hydroxylation is 1. The van der Waals surface area contributed by atoms with Gasteiger partial charge in [0.05, 0.1) is 0 Å². The van der Waals surface area contributed by atoms with Gasteiger partial charge in [0.15, 0.2) is 0 Å². The second kappa shape index (κ2) is 8.19. The van der Waals surface area contributed by atoms with Crippen molar-refractivity contribution in [1.82, 2.24) is 4.57 Å². The molecule has 0 aliphatic rings. The fourth-order valence-electron chi connectivity index (χ4n) is 2.85. The lowest BCUT2D eigenvalue weighted by molar-refractivity contribution is 0.827.